The molecule has 6 nitrogen and oxygen atoms in total. The number of benzene rings is 2. The standard InChI is InChI=1S/C21H18FN5OS/c1-3-13-27-18(15-9-11-17(22)12-10-15)23-26-21(27)29-14(2)19-24-25-20(28-19)16-7-5-4-6-8-16/h3-12,14H,1,13H2,2H3/t14-/m1/s1. The molecule has 0 N–H and O–H groups in total. The average Bonchev–Trinajstić information content (AvgIpc) is 3.38. The molecule has 2 heterocycles. The summed E-state index contributed by atoms with van der Waals surface area (Å²) in [7, 11) is 0. The lowest BCUT2D eigenvalue weighted by molar-refractivity contribution is 0.508. The summed E-state index contributed by atoms with van der Waals surface area (Å²) in [4.78, 5) is 0. The minimum absolute atomic E-state index is 0.131. The van der Waals surface area contributed by atoms with Gasteiger partial charge in [0.1, 0.15) is 5.82 Å². The summed E-state index contributed by atoms with van der Waals surface area (Å²) >= 11 is 1.46. The van der Waals surface area contributed by atoms with Gasteiger partial charge in [-0.15, -0.1) is 27.0 Å². The Morgan fingerprint density at radius 2 is 1.79 bits per heavy atom. The molecule has 0 aliphatic carbocycles. The Labute approximate surface area is 171 Å². The zero-order valence-electron chi connectivity index (χ0n) is 15.7. The van der Waals surface area contributed by atoms with Gasteiger partial charge in [0.15, 0.2) is 11.0 Å². The van der Waals surface area contributed by atoms with Crippen molar-refractivity contribution in [1.82, 2.24) is 25.0 Å². The van der Waals surface area contributed by atoms with E-state index in [-0.39, 0.29) is 11.1 Å². The third-order valence-electron chi connectivity index (χ3n) is 4.22. The summed E-state index contributed by atoms with van der Waals surface area (Å²) in [6.07, 6.45) is 1.77. The molecular weight excluding hydrogens is 389 g/mol. The fourth-order valence-corrected chi connectivity index (χ4v) is 3.68. The molecule has 4 aromatic rings. The summed E-state index contributed by atoms with van der Waals surface area (Å²) in [6, 6.07) is 15.8. The molecule has 2 aromatic carbocycles. The quantitative estimate of drug-likeness (QED) is 0.311. The molecule has 0 amide bonds. The van der Waals surface area contributed by atoms with Crippen LogP contribution in [0.5, 0.6) is 0 Å². The molecule has 0 radical (unpaired) electrons. The first-order valence-corrected chi connectivity index (χ1v) is 9.89. The Balaban J connectivity index is 1.58. The summed E-state index contributed by atoms with van der Waals surface area (Å²) < 4.78 is 21.0. The predicted molar refractivity (Wildman–Crippen MR) is 110 cm³/mol. The summed E-state index contributed by atoms with van der Waals surface area (Å²) in [6.45, 7) is 6.30. The minimum Gasteiger partial charge on any atom is -0.419 e. The molecule has 0 aliphatic heterocycles. The monoisotopic (exact) mass is 407 g/mol. The third-order valence-corrected chi connectivity index (χ3v) is 5.29. The van der Waals surface area contributed by atoms with E-state index >= 15 is 0 Å². The molecule has 0 bridgehead atoms. The largest absolute Gasteiger partial charge is 0.419 e. The summed E-state index contributed by atoms with van der Waals surface area (Å²) in [5, 5.41) is 17.5. The molecule has 0 spiro atoms. The first-order valence-electron chi connectivity index (χ1n) is 9.01. The first kappa shape index (κ1) is 19.1. The highest BCUT2D eigenvalue weighted by atomic mass is 32.2. The Kier molecular flexibility index (Phi) is 5.53. The van der Waals surface area contributed by atoms with Gasteiger partial charge in [-0.05, 0) is 43.3 Å². The number of nitrogens with zero attached hydrogens (tertiary/aromatic N) is 5. The number of hydrogen-bond donors (Lipinski definition) is 0. The van der Waals surface area contributed by atoms with Gasteiger partial charge < -0.3 is 4.42 Å². The van der Waals surface area contributed by atoms with Crippen LogP contribution < -0.4 is 0 Å². The van der Waals surface area contributed by atoms with Gasteiger partial charge in [-0.2, -0.15) is 0 Å². The van der Waals surface area contributed by atoms with Crippen LogP contribution in [0.3, 0.4) is 0 Å². The lowest BCUT2D eigenvalue weighted by Gasteiger charge is -2.10. The van der Waals surface area contributed by atoms with Crippen LogP contribution in [0.2, 0.25) is 0 Å². The van der Waals surface area contributed by atoms with Gasteiger partial charge in [0.05, 0.1) is 5.25 Å². The third kappa shape index (κ3) is 4.12. The molecule has 0 saturated carbocycles. The Morgan fingerprint density at radius 3 is 2.52 bits per heavy atom. The Bertz CT molecular complexity index is 1110. The minimum atomic E-state index is -0.294. The number of hydrogen-bond acceptors (Lipinski definition) is 6. The van der Waals surface area contributed by atoms with Crippen molar-refractivity contribution in [1.29, 1.82) is 0 Å². The molecule has 29 heavy (non-hydrogen) atoms. The fraction of sp³-hybridized carbons (Fsp3) is 0.143. The predicted octanol–water partition coefficient (Wildman–Crippen LogP) is 5.17. The number of rotatable bonds is 7. The summed E-state index contributed by atoms with van der Waals surface area (Å²) in [5.41, 5.74) is 1.65. The maximum Gasteiger partial charge on any atom is 0.247 e. The van der Waals surface area contributed by atoms with Crippen LogP contribution in [-0.4, -0.2) is 25.0 Å². The van der Waals surface area contributed by atoms with E-state index in [1.807, 2.05) is 41.8 Å². The average molecular weight is 407 g/mol. The van der Waals surface area contributed by atoms with Gasteiger partial charge in [-0.3, -0.25) is 4.57 Å². The van der Waals surface area contributed by atoms with Gasteiger partial charge in [0.2, 0.25) is 11.8 Å². The molecular formula is C21H18FN5OS. The SMILES string of the molecule is C=CCn1c(S[C@H](C)c2nnc(-c3ccccc3)o2)nnc1-c1ccc(F)cc1. The van der Waals surface area contributed by atoms with E-state index in [1.54, 1.807) is 18.2 Å². The van der Waals surface area contributed by atoms with Crippen LogP contribution in [0, 0.1) is 5.82 Å². The van der Waals surface area contributed by atoms with E-state index in [4.69, 9.17) is 4.42 Å². The zero-order valence-corrected chi connectivity index (χ0v) is 16.5. The smallest absolute Gasteiger partial charge is 0.247 e. The van der Waals surface area contributed by atoms with Crippen LogP contribution in [0.25, 0.3) is 22.8 Å². The molecule has 8 heteroatoms. The number of allylic oxidation sites excluding steroid dienone is 1. The van der Waals surface area contributed by atoms with Crippen molar-refractivity contribution in [3.8, 4) is 22.8 Å². The zero-order chi connectivity index (χ0) is 20.2. The molecule has 1 atom stereocenters. The van der Waals surface area contributed by atoms with Gasteiger partial charge in [0.25, 0.3) is 0 Å². The highest BCUT2D eigenvalue weighted by Crippen LogP contribution is 2.35. The number of aromatic nitrogens is 5. The van der Waals surface area contributed by atoms with Gasteiger partial charge in [0, 0.05) is 17.7 Å². The second-order valence-electron chi connectivity index (χ2n) is 6.28. The van der Waals surface area contributed by atoms with Crippen LogP contribution in [0.4, 0.5) is 4.39 Å². The second-order valence-corrected chi connectivity index (χ2v) is 7.59. The van der Waals surface area contributed by atoms with Gasteiger partial charge in [-0.25, -0.2) is 4.39 Å². The van der Waals surface area contributed by atoms with E-state index in [1.165, 1.54) is 23.9 Å². The van der Waals surface area contributed by atoms with Crippen LogP contribution in [-0.2, 0) is 6.54 Å². The van der Waals surface area contributed by atoms with E-state index in [9.17, 15) is 4.39 Å². The van der Waals surface area contributed by atoms with Gasteiger partial charge >= 0.3 is 0 Å². The summed E-state index contributed by atoms with van der Waals surface area (Å²) in [5.74, 6) is 1.34. The van der Waals surface area contributed by atoms with Crippen molar-refractivity contribution < 1.29 is 8.81 Å². The molecule has 0 saturated heterocycles. The fourth-order valence-electron chi connectivity index (χ4n) is 2.79. The highest BCUT2D eigenvalue weighted by Gasteiger charge is 2.21. The van der Waals surface area contributed by atoms with Crippen molar-refractivity contribution in [2.45, 2.75) is 23.9 Å². The van der Waals surface area contributed by atoms with Crippen LogP contribution >= 0.6 is 11.8 Å². The Hall–Kier alpha value is -3.26. The molecule has 4 rings (SSSR count). The second kappa shape index (κ2) is 8.40. The molecule has 0 aliphatic rings. The number of halogens is 1. The molecule has 2 aromatic heterocycles. The lowest BCUT2D eigenvalue weighted by Crippen LogP contribution is -2.02. The molecule has 0 unspecified atom stereocenters. The maximum atomic E-state index is 13.3. The van der Waals surface area contributed by atoms with Crippen molar-refractivity contribution in [2.75, 3.05) is 0 Å². The topological polar surface area (TPSA) is 69.6 Å². The first-order chi connectivity index (χ1) is 14.2. The molecule has 146 valence electrons. The lowest BCUT2D eigenvalue weighted by atomic mass is 10.2. The van der Waals surface area contributed by atoms with Crippen LogP contribution in [0.15, 0.2) is 76.8 Å². The van der Waals surface area contributed by atoms with Crippen molar-refractivity contribution in [2.24, 2.45) is 0 Å². The van der Waals surface area contributed by atoms with Crippen LogP contribution in [0.1, 0.15) is 18.1 Å². The van der Waals surface area contributed by atoms with E-state index in [0.29, 0.717) is 29.3 Å². The maximum absolute atomic E-state index is 13.3. The number of thioether (sulfide) groups is 1. The van der Waals surface area contributed by atoms with Crippen molar-refractivity contribution in [3.63, 3.8) is 0 Å². The van der Waals surface area contributed by atoms with E-state index in [2.05, 4.69) is 27.0 Å². The molecule has 0 fully saturated rings. The van der Waals surface area contributed by atoms with Crippen molar-refractivity contribution in [3.05, 3.63) is 79.0 Å². The van der Waals surface area contributed by atoms with Crippen molar-refractivity contribution >= 4 is 11.8 Å². The van der Waals surface area contributed by atoms with Gasteiger partial charge in [-0.1, -0.05) is 36.0 Å². The van der Waals surface area contributed by atoms with E-state index in [0.717, 1.165) is 11.1 Å². The Morgan fingerprint density at radius 1 is 1.03 bits per heavy atom. The highest BCUT2D eigenvalue weighted by molar-refractivity contribution is 7.99. The van der Waals surface area contributed by atoms with E-state index < -0.39 is 0 Å². The normalized spacial score (nSPS) is 12.1.